The van der Waals surface area contributed by atoms with Gasteiger partial charge in [-0.25, -0.2) is 23.4 Å². The molecule has 0 fully saturated rings. The summed E-state index contributed by atoms with van der Waals surface area (Å²) in [5, 5.41) is 18.0. The van der Waals surface area contributed by atoms with Gasteiger partial charge in [-0.1, -0.05) is 22.0 Å². The Bertz CT molecular complexity index is 1040. The summed E-state index contributed by atoms with van der Waals surface area (Å²) in [6, 6.07) is 11.1. The van der Waals surface area contributed by atoms with Gasteiger partial charge < -0.3 is 24.8 Å². The molecule has 2 aromatic carbocycles. The van der Waals surface area contributed by atoms with E-state index in [1.807, 2.05) is 4.57 Å². The summed E-state index contributed by atoms with van der Waals surface area (Å²) in [6.45, 7) is 1.33. The standard InChI is InChI=1S/C19H18BrF2N3O.C2H2O4/c1-26-10-9-25-18(13-5-7-14(21)8-6-13)12-24-19(25)23-11-15-16(20)3-2-4-17(15)22;3-1(4)2(5)6/h2-8,12H,9-11H2,1H3,(H,23,24);(H,3,4)(H,5,6). The minimum Gasteiger partial charge on any atom is -0.473 e. The van der Waals surface area contributed by atoms with Gasteiger partial charge in [-0.3, -0.25) is 0 Å². The van der Waals surface area contributed by atoms with Crippen molar-refractivity contribution in [1.82, 2.24) is 9.55 Å². The van der Waals surface area contributed by atoms with Crippen molar-refractivity contribution in [3.8, 4) is 11.3 Å². The van der Waals surface area contributed by atoms with Gasteiger partial charge in [0, 0.05) is 35.8 Å². The Kier molecular flexibility index (Phi) is 9.29. The Morgan fingerprint density at radius 1 is 1.12 bits per heavy atom. The summed E-state index contributed by atoms with van der Waals surface area (Å²) in [4.78, 5) is 22.6. The number of hydrogen-bond donors (Lipinski definition) is 3. The van der Waals surface area contributed by atoms with E-state index in [0.717, 1.165) is 11.3 Å². The van der Waals surface area contributed by atoms with Crippen LogP contribution >= 0.6 is 15.9 Å². The van der Waals surface area contributed by atoms with Gasteiger partial charge in [0.15, 0.2) is 0 Å². The van der Waals surface area contributed by atoms with Crippen LogP contribution in [0.2, 0.25) is 0 Å². The molecule has 11 heteroatoms. The maximum absolute atomic E-state index is 14.0. The van der Waals surface area contributed by atoms with E-state index in [1.165, 1.54) is 18.2 Å². The molecule has 1 heterocycles. The lowest BCUT2D eigenvalue weighted by molar-refractivity contribution is -0.159. The molecular formula is C21H20BrF2N3O5. The number of nitrogens with zero attached hydrogens (tertiary/aromatic N) is 2. The number of halogens is 3. The van der Waals surface area contributed by atoms with Crippen LogP contribution in [0.15, 0.2) is 53.1 Å². The van der Waals surface area contributed by atoms with Gasteiger partial charge in [0.2, 0.25) is 5.95 Å². The summed E-state index contributed by atoms with van der Waals surface area (Å²) in [5.41, 5.74) is 2.20. The van der Waals surface area contributed by atoms with Crippen molar-refractivity contribution in [1.29, 1.82) is 0 Å². The van der Waals surface area contributed by atoms with E-state index >= 15 is 0 Å². The van der Waals surface area contributed by atoms with Crippen molar-refractivity contribution in [2.45, 2.75) is 13.1 Å². The zero-order valence-electron chi connectivity index (χ0n) is 16.9. The summed E-state index contributed by atoms with van der Waals surface area (Å²) >= 11 is 3.37. The number of hydrogen-bond acceptors (Lipinski definition) is 5. The zero-order chi connectivity index (χ0) is 23.7. The second kappa shape index (κ2) is 11.9. The molecule has 0 aliphatic carbocycles. The number of nitrogens with one attached hydrogen (secondary N) is 1. The first-order valence-electron chi connectivity index (χ1n) is 9.18. The molecule has 0 unspecified atom stereocenters. The largest absolute Gasteiger partial charge is 0.473 e. The summed E-state index contributed by atoms with van der Waals surface area (Å²) < 4.78 is 35.0. The summed E-state index contributed by atoms with van der Waals surface area (Å²) in [6.07, 6.45) is 1.71. The maximum Gasteiger partial charge on any atom is 0.414 e. The summed E-state index contributed by atoms with van der Waals surface area (Å²) in [7, 11) is 1.62. The van der Waals surface area contributed by atoms with Crippen LogP contribution in [0.4, 0.5) is 14.7 Å². The highest BCUT2D eigenvalue weighted by Gasteiger charge is 2.13. The molecule has 0 aliphatic rings. The molecule has 8 nitrogen and oxygen atoms in total. The molecular weight excluding hydrogens is 492 g/mol. The van der Waals surface area contributed by atoms with E-state index in [-0.39, 0.29) is 18.2 Å². The Balaban J connectivity index is 0.000000534. The number of aliphatic carboxylic acids is 2. The average molecular weight is 512 g/mol. The van der Waals surface area contributed by atoms with E-state index in [1.54, 1.807) is 37.6 Å². The number of ether oxygens (including phenoxy) is 1. The van der Waals surface area contributed by atoms with E-state index in [4.69, 9.17) is 24.5 Å². The van der Waals surface area contributed by atoms with Gasteiger partial charge in [0.1, 0.15) is 11.6 Å². The van der Waals surface area contributed by atoms with Crippen LogP contribution < -0.4 is 5.32 Å². The van der Waals surface area contributed by atoms with Crippen LogP contribution in [0.5, 0.6) is 0 Å². The quantitative estimate of drug-likeness (QED) is 0.410. The van der Waals surface area contributed by atoms with E-state index < -0.39 is 11.9 Å². The SMILES string of the molecule is COCCn1c(-c2ccc(F)cc2)cnc1NCc1c(F)cccc1Br.O=C(O)C(=O)O. The lowest BCUT2D eigenvalue weighted by Gasteiger charge is -2.14. The molecule has 0 atom stereocenters. The zero-order valence-corrected chi connectivity index (χ0v) is 18.5. The molecule has 0 saturated heterocycles. The fraction of sp³-hybridized carbons (Fsp3) is 0.190. The number of methoxy groups -OCH3 is 1. The van der Waals surface area contributed by atoms with Crippen LogP contribution in [0.1, 0.15) is 5.56 Å². The second-order valence-corrected chi connectivity index (χ2v) is 7.14. The Labute approximate surface area is 190 Å². The van der Waals surface area contributed by atoms with Crippen LogP contribution in [-0.4, -0.2) is 45.4 Å². The Hall–Kier alpha value is -3.31. The molecule has 32 heavy (non-hydrogen) atoms. The van der Waals surface area contributed by atoms with Crippen molar-refractivity contribution in [2.24, 2.45) is 0 Å². The van der Waals surface area contributed by atoms with Crippen molar-refractivity contribution < 1.29 is 33.3 Å². The van der Waals surface area contributed by atoms with Crippen molar-refractivity contribution in [3.05, 3.63) is 70.3 Å². The van der Waals surface area contributed by atoms with Crippen LogP contribution in [0, 0.1) is 11.6 Å². The van der Waals surface area contributed by atoms with Crippen LogP contribution in [0.3, 0.4) is 0 Å². The van der Waals surface area contributed by atoms with E-state index in [9.17, 15) is 8.78 Å². The minimum atomic E-state index is -1.82. The number of rotatable bonds is 7. The molecule has 0 spiro atoms. The van der Waals surface area contributed by atoms with Gasteiger partial charge in [0.25, 0.3) is 0 Å². The van der Waals surface area contributed by atoms with Gasteiger partial charge in [-0.2, -0.15) is 0 Å². The highest BCUT2D eigenvalue weighted by atomic mass is 79.9. The van der Waals surface area contributed by atoms with Gasteiger partial charge in [-0.05, 0) is 36.4 Å². The third-order valence-electron chi connectivity index (χ3n) is 4.18. The monoisotopic (exact) mass is 511 g/mol. The molecule has 3 rings (SSSR count). The fourth-order valence-electron chi connectivity index (χ4n) is 2.65. The molecule has 3 aromatic rings. The van der Waals surface area contributed by atoms with Crippen molar-refractivity contribution >= 4 is 33.8 Å². The number of imidazole rings is 1. The number of benzene rings is 2. The molecule has 0 saturated carbocycles. The third-order valence-corrected chi connectivity index (χ3v) is 4.93. The lowest BCUT2D eigenvalue weighted by Crippen LogP contribution is -2.12. The average Bonchev–Trinajstić information content (AvgIpc) is 3.15. The number of carbonyl (C=O) groups is 2. The highest BCUT2D eigenvalue weighted by Crippen LogP contribution is 2.25. The van der Waals surface area contributed by atoms with Crippen molar-refractivity contribution in [2.75, 3.05) is 19.0 Å². The van der Waals surface area contributed by atoms with Crippen molar-refractivity contribution in [3.63, 3.8) is 0 Å². The number of carboxylic acid groups (broad SMARTS) is 2. The Morgan fingerprint density at radius 2 is 1.78 bits per heavy atom. The van der Waals surface area contributed by atoms with Gasteiger partial charge in [-0.15, -0.1) is 0 Å². The molecule has 0 aliphatic heterocycles. The molecule has 170 valence electrons. The first-order chi connectivity index (χ1) is 15.2. The van der Waals surface area contributed by atoms with Crippen LogP contribution in [0.25, 0.3) is 11.3 Å². The second-order valence-electron chi connectivity index (χ2n) is 6.28. The molecule has 0 radical (unpaired) electrons. The van der Waals surface area contributed by atoms with Crippen LogP contribution in [-0.2, 0) is 27.4 Å². The molecule has 1 aromatic heterocycles. The maximum atomic E-state index is 14.0. The lowest BCUT2D eigenvalue weighted by atomic mass is 10.1. The third kappa shape index (κ3) is 6.86. The first-order valence-corrected chi connectivity index (χ1v) is 9.97. The normalized spacial score (nSPS) is 10.2. The van der Waals surface area contributed by atoms with E-state index in [2.05, 4.69) is 26.2 Å². The van der Waals surface area contributed by atoms with Gasteiger partial charge in [0.05, 0.1) is 18.5 Å². The number of carboxylic acids is 2. The molecule has 0 bridgehead atoms. The smallest absolute Gasteiger partial charge is 0.414 e. The summed E-state index contributed by atoms with van der Waals surface area (Å²) in [5.74, 6) is -3.64. The molecule has 3 N–H and O–H groups in total. The highest BCUT2D eigenvalue weighted by molar-refractivity contribution is 9.10. The minimum absolute atomic E-state index is 0.278. The Morgan fingerprint density at radius 3 is 2.34 bits per heavy atom. The predicted octanol–water partition coefficient (Wildman–Crippen LogP) is 4.00. The fourth-order valence-corrected chi connectivity index (χ4v) is 3.13. The topological polar surface area (TPSA) is 114 Å². The predicted molar refractivity (Wildman–Crippen MR) is 116 cm³/mol. The number of anilines is 1. The van der Waals surface area contributed by atoms with Gasteiger partial charge >= 0.3 is 11.9 Å². The van der Waals surface area contributed by atoms with E-state index in [0.29, 0.717) is 29.1 Å². The molecule has 0 amide bonds. The number of aromatic nitrogens is 2. The first kappa shape index (κ1) is 25.0.